The summed E-state index contributed by atoms with van der Waals surface area (Å²) in [7, 11) is 0. The van der Waals surface area contributed by atoms with Gasteiger partial charge in [-0.1, -0.05) is 55.3 Å². The van der Waals surface area contributed by atoms with Crippen LogP contribution >= 0.6 is 11.9 Å². The third kappa shape index (κ3) is 12.6. The number of pyridine rings is 1. The lowest BCUT2D eigenvalue weighted by molar-refractivity contribution is -0.116. The fourth-order valence-corrected chi connectivity index (χ4v) is 5.71. The van der Waals surface area contributed by atoms with Gasteiger partial charge in [-0.3, -0.25) is 14.6 Å². The van der Waals surface area contributed by atoms with Crippen molar-refractivity contribution >= 4 is 41.3 Å². The molecule has 53 heavy (non-hydrogen) atoms. The van der Waals surface area contributed by atoms with Gasteiger partial charge in [0.1, 0.15) is 17.2 Å². The second kappa shape index (κ2) is 21.4. The number of nitrogens with zero attached hydrogens (tertiary/aromatic N) is 3. The van der Waals surface area contributed by atoms with Gasteiger partial charge in [0.2, 0.25) is 12.3 Å². The van der Waals surface area contributed by atoms with Gasteiger partial charge in [-0.25, -0.2) is 0 Å². The monoisotopic (exact) mass is 730 g/mol. The van der Waals surface area contributed by atoms with Gasteiger partial charge in [0.15, 0.2) is 0 Å². The number of hydrogen-bond acceptors (Lipinski definition) is 9. The summed E-state index contributed by atoms with van der Waals surface area (Å²) in [6.45, 7) is 8.31. The minimum absolute atomic E-state index is 0.0907. The van der Waals surface area contributed by atoms with Gasteiger partial charge in [0, 0.05) is 68.6 Å². The average molecular weight is 731 g/mol. The maximum absolute atomic E-state index is 12.2. The van der Waals surface area contributed by atoms with Gasteiger partial charge < -0.3 is 29.7 Å². The van der Waals surface area contributed by atoms with E-state index in [2.05, 4.69) is 68.6 Å². The van der Waals surface area contributed by atoms with E-state index in [1.54, 1.807) is 30.3 Å². The minimum atomic E-state index is -0.0907. The molecular weight excluding hydrogens is 685 g/mol. The van der Waals surface area contributed by atoms with E-state index in [1.807, 2.05) is 80.9 Å². The van der Waals surface area contributed by atoms with Gasteiger partial charge in [-0.2, -0.15) is 5.26 Å². The maximum atomic E-state index is 12.2. The highest BCUT2D eigenvalue weighted by atomic mass is 32.2. The van der Waals surface area contributed by atoms with E-state index in [1.165, 1.54) is 0 Å². The molecular formula is C42H46N6O4S. The Labute approximate surface area is 316 Å². The summed E-state index contributed by atoms with van der Waals surface area (Å²) < 4.78 is 15.7. The van der Waals surface area contributed by atoms with Crippen LogP contribution in [-0.4, -0.2) is 36.7 Å². The Morgan fingerprint density at radius 1 is 0.906 bits per heavy atom. The highest BCUT2D eigenvalue weighted by molar-refractivity contribution is 7.99. The molecule has 274 valence electrons. The smallest absolute Gasteiger partial charge is 0.224 e. The second-order valence-electron chi connectivity index (χ2n) is 11.9. The van der Waals surface area contributed by atoms with Gasteiger partial charge in [0.05, 0.1) is 23.9 Å². The topological polar surface area (TPSA) is 129 Å². The van der Waals surface area contributed by atoms with Crippen molar-refractivity contribution in [3.63, 3.8) is 0 Å². The lowest BCUT2D eigenvalue weighted by Gasteiger charge is -2.28. The first kappa shape index (κ1) is 39.8. The van der Waals surface area contributed by atoms with Crippen molar-refractivity contribution in [2.24, 2.45) is 0 Å². The molecule has 1 aromatic heterocycles. The second-order valence-corrected chi connectivity index (χ2v) is 12.5. The van der Waals surface area contributed by atoms with E-state index < -0.39 is 0 Å². The average Bonchev–Trinajstić information content (AvgIpc) is 3.18. The molecule has 0 radical (unpaired) electrons. The number of anilines is 3. The molecule has 0 spiro atoms. The van der Waals surface area contributed by atoms with E-state index in [4.69, 9.17) is 9.47 Å². The molecule has 0 aliphatic rings. The van der Waals surface area contributed by atoms with Crippen LogP contribution in [0.3, 0.4) is 0 Å². The van der Waals surface area contributed by atoms with Crippen molar-refractivity contribution < 1.29 is 19.1 Å². The molecule has 1 heterocycles. The van der Waals surface area contributed by atoms with Crippen LogP contribution < -0.4 is 29.7 Å². The molecule has 4 aromatic carbocycles. The molecule has 11 heteroatoms. The Kier molecular flexibility index (Phi) is 16.1. The summed E-state index contributed by atoms with van der Waals surface area (Å²) in [6, 6.07) is 33.7. The lowest BCUT2D eigenvalue weighted by Crippen LogP contribution is -2.23. The van der Waals surface area contributed by atoms with Crippen molar-refractivity contribution in [1.29, 1.82) is 5.26 Å². The first-order chi connectivity index (χ1) is 25.9. The van der Waals surface area contributed by atoms with Crippen LogP contribution in [0.1, 0.15) is 48.1 Å². The predicted molar refractivity (Wildman–Crippen MR) is 214 cm³/mol. The first-order valence-corrected chi connectivity index (χ1v) is 18.6. The van der Waals surface area contributed by atoms with Crippen LogP contribution in [0.2, 0.25) is 0 Å². The normalized spacial score (nSPS) is 10.2. The largest absolute Gasteiger partial charge is 0.491 e. The summed E-state index contributed by atoms with van der Waals surface area (Å²) in [6.07, 6.45) is 7.31. The van der Waals surface area contributed by atoms with Gasteiger partial charge >= 0.3 is 0 Å². The van der Waals surface area contributed by atoms with Crippen LogP contribution in [-0.2, 0) is 29.1 Å². The van der Waals surface area contributed by atoms with E-state index in [-0.39, 0.29) is 5.91 Å². The van der Waals surface area contributed by atoms with E-state index >= 15 is 0 Å². The summed E-state index contributed by atoms with van der Waals surface area (Å²) in [4.78, 5) is 28.0. The number of amides is 2. The number of ether oxygens (including phenoxy) is 2. The zero-order valence-electron chi connectivity index (χ0n) is 30.6. The quantitative estimate of drug-likeness (QED) is 0.0636. The Morgan fingerprint density at radius 3 is 2.23 bits per heavy atom. The molecule has 0 saturated heterocycles. The number of carbonyl (C=O) groups is 2. The first-order valence-electron chi connectivity index (χ1n) is 17.4. The number of nitriles is 1. The highest BCUT2D eigenvalue weighted by Gasteiger charge is 2.15. The zero-order valence-corrected chi connectivity index (χ0v) is 31.4. The van der Waals surface area contributed by atoms with E-state index in [0.717, 1.165) is 40.2 Å². The fourth-order valence-electron chi connectivity index (χ4n) is 5.27. The molecule has 3 N–H and O–H groups in total. The van der Waals surface area contributed by atoms with Crippen LogP contribution in [0.4, 0.5) is 17.1 Å². The van der Waals surface area contributed by atoms with Gasteiger partial charge in [-0.15, -0.1) is 0 Å². The van der Waals surface area contributed by atoms with Crippen molar-refractivity contribution in [3.8, 4) is 23.3 Å². The molecule has 0 aliphatic carbocycles. The Morgan fingerprint density at radius 2 is 1.62 bits per heavy atom. The molecule has 10 nitrogen and oxygen atoms in total. The van der Waals surface area contributed by atoms with Crippen molar-refractivity contribution in [3.05, 3.63) is 137 Å². The number of carbonyl (C=O) groups excluding carboxylic acids is 2. The number of rotatable bonds is 17. The van der Waals surface area contributed by atoms with Gasteiger partial charge in [0.25, 0.3) is 0 Å². The van der Waals surface area contributed by atoms with Crippen molar-refractivity contribution in [2.45, 2.75) is 46.7 Å². The SMILES string of the molecule is CCC(=O)Nc1ccc(Oc2ccc(CN(Cc3ccc(C#N)cc3)c3cccc(NSC)c3C)cc2)cc1OCCc1cccnc1.CCNC=O. The number of nitrogens with one attached hydrogen (secondary N) is 3. The molecule has 5 rings (SSSR count). The molecule has 0 bridgehead atoms. The third-order valence-electron chi connectivity index (χ3n) is 8.05. The molecule has 0 fully saturated rings. The minimum Gasteiger partial charge on any atom is -0.491 e. The third-order valence-corrected chi connectivity index (χ3v) is 8.48. The Balaban J connectivity index is 0.00000117. The Bertz CT molecular complexity index is 1930. The molecule has 0 unspecified atom stereocenters. The summed E-state index contributed by atoms with van der Waals surface area (Å²) in [5.74, 6) is 1.74. The molecule has 5 aromatic rings. The predicted octanol–water partition coefficient (Wildman–Crippen LogP) is 8.67. The Hall–Kier alpha value is -5.99. The maximum Gasteiger partial charge on any atom is 0.224 e. The number of aromatic nitrogens is 1. The summed E-state index contributed by atoms with van der Waals surface area (Å²) in [5, 5.41) is 14.6. The molecule has 2 amide bonds. The van der Waals surface area contributed by atoms with Gasteiger partial charge in [-0.05, 0) is 90.7 Å². The van der Waals surface area contributed by atoms with Crippen molar-refractivity contribution in [2.75, 3.05) is 34.3 Å². The van der Waals surface area contributed by atoms with Crippen LogP contribution in [0.5, 0.6) is 17.2 Å². The molecule has 0 saturated carbocycles. The van der Waals surface area contributed by atoms with Crippen LogP contribution in [0, 0.1) is 18.3 Å². The standard InChI is InChI=1S/C39H39N5O3S.C3H7NO/c1-4-39(45)42-36-19-18-34(23-38(36)46-22-20-30-7-6-21-41-25-30)47-33-16-14-32(15-17-33)27-44(26-31-12-10-29(24-40)11-13-31)37-9-5-8-35(28(37)2)43-48-3;1-2-4-3-5/h5-19,21,23,25,43H,4,20,22,26-27H2,1-3H3,(H,42,45);3H,2H2,1H3,(H,4,5). The highest BCUT2D eigenvalue weighted by Crippen LogP contribution is 2.34. The molecule has 0 atom stereocenters. The molecule has 0 aliphatic heterocycles. The number of benzene rings is 4. The van der Waals surface area contributed by atoms with E-state index in [9.17, 15) is 14.9 Å². The summed E-state index contributed by atoms with van der Waals surface area (Å²) in [5.41, 5.74) is 7.93. The van der Waals surface area contributed by atoms with Crippen LogP contribution in [0.15, 0.2) is 109 Å². The zero-order chi connectivity index (χ0) is 37.8. The van der Waals surface area contributed by atoms with E-state index in [0.29, 0.717) is 67.4 Å². The lowest BCUT2D eigenvalue weighted by atomic mass is 10.1. The summed E-state index contributed by atoms with van der Waals surface area (Å²) >= 11 is 1.57. The number of hydrogen-bond donors (Lipinski definition) is 3. The van der Waals surface area contributed by atoms with Crippen molar-refractivity contribution in [1.82, 2.24) is 10.3 Å². The van der Waals surface area contributed by atoms with Crippen LogP contribution in [0.25, 0.3) is 0 Å². The fraction of sp³-hybridized carbons (Fsp3) is 0.238.